The molecule has 0 fully saturated rings. The molecule has 16 heavy (non-hydrogen) atoms. The van der Waals surface area contributed by atoms with E-state index in [9.17, 15) is 0 Å². The molecule has 2 aromatic rings. The minimum Gasteiger partial charge on any atom is -0.354 e. The number of nitrogens with one attached hydrogen (secondary N) is 1. The Morgan fingerprint density at radius 3 is 2.38 bits per heavy atom. The second kappa shape index (κ2) is 4.89. The standard InChI is InChI=1S/C13H11BrClN/c1-9-3-2-4-12(15)13(9)16-11-7-5-10(14)6-8-11/h2-8,16H,1H3. The minimum absolute atomic E-state index is 0.739. The molecule has 0 atom stereocenters. The molecule has 0 saturated heterocycles. The summed E-state index contributed by atoms with van der Waals surface area (Å²) in [6, 6.07) is 13.9. The molecule has 1 N–H and O–H groups in total. The maximum absolute atomic E-state index is 6.14. The Bertz CT molecular complexity index is 474. The van der Waals surface area contributed by atoms with E-state index in [-0.39, 0.29) is 0 Å². The highest BCUT2D eigenvalue weighted by molar-refractivity contribution is 9.10. The highest BCUT2D eigenvalue weighted by atomic mass is 79.9. The molecule has 0 amide bonds. The van der Waals surface area contributed by atoms with Crippen LogP contribution in [0.5, 0.6) is 0 Å². The van der Waals surface area contributed by atoms with E-state index in [1.54, 1.807) is 0 Å². The van der Waals surface area contributed by atoms with Crippen LogP contribution in [0.25, 0.3) is 0 Å². The van der Waals surface area contributed by atoms with Crippen LogP contribution in [-0.4, -0.2) is 0 Å². The Hall–Kier alpha value is -0.990. The summed E-state index contributed by atoms with van der Waals surface area (Å²) < 4.78 is 1.06. The number of rotatable bonds is 2. The number of halogens is 2. The fraction of sp³-hybridized carbons (Fsp3) is 0.0769. The van der Waals surface area contributed by atoms with Gasteiger partial charge in [-0.25, -0.2) is 0 Å². The lowest BCUT2D eigenvalue weighted by Crippen LogP contribution is -1.93. The average Bonchev–Trinajstić information content (AvgIpc) is 2.26. The number of para-hydroxylation sites is 1. The van der Waals surface area contributed by atoms with Gasteiger partial charge in [-0.2, -0.15) is 0 Å². The second-order valence-corrected chi connectivity index (χ2v) is 4.89. The van der Waals surface area contributed by atoms with Crippen molar-refractivity contribution in [2.24, 2.45) is 0 Å². The molecular formula is C13H11BrClN. The molecule has 0 heterocycles. The van der Waals surface area contributed by atoms with Gasteiger partial charge in [0.25, 0.3) is 0 Å². The van der Waals surface area contributed by atoms with Crippen LogP contribution in [0.15, 0.2) is 46.9 Å². The topological polar surface area (TPSA) is 12.0 Å². The smallest absolute Gasteiger partial charge is 0.0643 e. The molecule has 0 radical (unpaired) electrons. The van der Waals surface area contributed by atoms with E-state index >= 15 is 0 Å². The van der Waals surface area contributed by atoms with Gasteiger partial charge in [-0.3, -0.25) is 0 Å². The van der Waals surface area contributed by atoms with Crippen LogP contribution in [-0.2, 0) is 0 Å². The summed E-state index contributed by atoms with van der Waals surface area (Å²) in [6.07, 6.45) is 0. The summed E-state index contributed by atoms with van der Waals surface area (Å²) in [5.74, 6) is 0. The van der Waals surface area contributed by atoms with Crippen molar-refractivity contribution < 1.29 is 0 Å². The maximum Gasteiger partial charge on any atom is 0.0643 e. The molecule has 2 rings (SSSR count). The lowest BCUT2D eigenvalue weighted by molar-refractivity contribution is 1.43. The first-order valence-electron chi connectivity index (χ1n) is 4.94. The quantitative estimate of drug-likeness (QED) is 0.807. The van der Waals surface area contributed by atoms with E-state index in [1.807, 2.05) is 49.4 Å². The molecule has 1 nitrogen and oxygen atoms in total. The van der Waals surface area contributed by atoms with Gasteiger partial charge in [0, 0.05) is 10.2 Å². The van der Waals surface area contributed by atoms with Gasteiger partial charge < -0.3 is 5.32 Å². The Morgan fingerprint density at radius 2 is 1.75 bits per heavy atom. The van der Waals surface area contributed by atoms with Gasteiger partial charge in [0.2, 0.25) is 0 Å². The van der Waals surface area contributed by atoms with E-state index in [1.165, 1.54) is 0 Å². The highest BCUT2D eigenvalue weighted by Gasteiger charge is 2.03. The van der Waals surface area contributed by atoms with Crippen molar-refractivity contribution in [1.82, 2.24) is 0 Å². The molecule has 82 valence electrons. The van der Waals surface area contributed by atoms with Crippen molar-refractivity contribution in [2.45, 2.75) is 6.92 Å². The third-order valence-electron chi connectivity index (χ3n) is 2.34. The largest absolute Gasteiger partial charge is 0.354 e. The molecule has 0 spiro atoms. The van der Waals surface area contributed by atoms with Crippen molar-refractivity contribution in [3.8, 4) is 0 Å². The summed E-state index contributed by atoms with van der Waals surface area (Å²) >= 11 is 9.54. The zero-order chi connectivity index (χ0) is 11.5. The van der Waals surface area contributed by atoms with Crippen LogP contribution in [0.1, 0.15) is 5.56 Å². The van der Waals surface area contributed by atoms with Crippen LogP contribution >= 0.6 is 27.5 Å². The zero-order valence-corrected chi connectivity index (χ0v) is 11.1. The summed E-state index contributed by atoms with van der Waals surface area (Å²) in [7, 11) is 0. The van der Waals surface area contributed by atoms with Crippen LogP contribution in [0.2, 0.25) is 5.02 Å². The van der Waals surface area contributed by atoms with Crippen molar-refractivity contribution in [2.75, 3.05) is 5.32 Å². The molecule has 0 bridgehead atoms. The second-order valence-electron chi connectivity index (χ2n) is 3.56. The van der Waals surface area contributed by atoms with Crippen LogP contribution in [0.4, 0.5) is 11.4 Å². The lowest BCUT2D eigenvalue weighted by Gasteiger charge is -2.11. The van der Waals surface area contributed by atoms with Crippen molar-refractivity contribution in [3.05, 3.63) is 57.5 Å². The first-order valence-corrected chi connectivity index (χ1v) is 6.11. The van der Waals surface area contributed by atoms with Gasteiger partial charge in [0.05, 0.1) is 10.7 Å². The molecule has 0 saturated carbocycles. The first kappa shape index (κ1) is 11.5. The summed E-state index contributed by atoms with van der Waals surface area (Å²) in [6.45, 7) is 2.03. The summed E-state index contributed by atoms with van der Waals surface area (Å²) in [5.41, 5.74) is 3.13. The molecule has 0 aromatic heterocycles. The van der Waals surface area contributed by atoms with Gasteiger partial charge in [-0.15, -0.1) is 0 Å². The molecule has 0 aliphatic rings. The number of benzene rings is 2. The normalized spacial score (nSPS) is 10.2. The van der Waals surface area contributed by atoms with Crippen LogP contribution < -0.4 is 5.32 Å². The first-order chi connectivity index (χ1) is 7.66. The number of hydrogen-bond acceptors (Lipinski definition) is 1. The van der Waals surface area contributed by atoms with E-state index < -0.39 is 0 Å². The predicted molar refractivity (Wildman–Crippen MR) is 73.6 cm³/mol. The van der Waals surface area contributed by atoms with E-state index in [4.69, 9.17) is 11.6 Å². The number of anilines is 2. The van der Waals surface area contributed by atoms with Crippen molar-refractivity contribution >= 4 is 38.9 Å². The summed E-state index contributed by atoms with van der Waals surface area (Å²) in [4.78, 5) is 0. The molecule has 0 unspecified atom stereocenters. The Labute approximate surface area is 109 Å². The minimum atomic E-state index is 0.739. The Kier molecular flexibility index (Phi) is 3.52. The van der Waals surface area contributed by atoms with E-state index in [2.05, 4.69) is 21.2 Å². The molecular weight excluding hydrogens is 286 g/mol. The Balaban J connectivity index is 2.30. The number of hydrogen-bond donors (Lipinski definition) is 1. The van der Waals surface area contributed by atoms with Crippen molar-refractivity contribution in [1.29, 1.82) is 0 Å². The lowest BCUT2D eigenvalue weighted by atomic mass is 10.2. The Morgan fingerprint density at radius 1 is 1.06 bits per heavy atom. The van der Waals surface area contributed by atoms with Gasteiger partial charge in [-0.05, 0) is 42.8 Å². The maximum atomic E-state index is 6.14. The van der Waals surface area contributed by atoms with E-state index in [0.29, 0.717) is 0 Å². The van der Waals surface area contributed by atoms with Crippen LogP contribution in [0, 0.1) is 6.92 Å². The van der Waals surface area contributed by atoms with Crippen LogP contribution in [0.3, 0.4) is 0 Å². The predicted octanol–water partition coefficient (Wildman–Crippen LogP) is 5.15. The monoisotopic (exact) mass is 295 g/mol. The van der Waals surface area contributed by atoms with Gasteiger partial charge in [0.1, 0.15) is 0 Å². The van der Waals surface area contributed by atoms with Crippen molar-refractivity contribution in [3.63, 3.8) is 0 Å². The summed E-state index contributed by atoms with van der Waals surface area (Å²) in [5, 5.41) is 4.05. The third-order valence-corrected chi connectivity index (χ3v) is 3.18. The molecule has 2 aromatic carbocycles. The highest BCUT2D eigenvalue weighted by Crippen LogP contribution is 2.29. The molecule has 0 aliphatic heterocycles. The zero-order valence-electron chi connectivity index (χ0n) is 8.80. The van der Waals surface area contributed by atoms with Gasteiger partial charge >= 0.3 is 0 Å². The van der Waals surface area contributed by atoms with E-state index in [0.717, 1.165) is 26.4 Å². The average molecular weight is 297 g/mol. The van der Waals surface area contributed by atoms with Gasteiger partial charge in [0.15, 0.2) is 0 Å². The number of aryl methyl sites for hydroxylation is 1. The molecule has 0 aliphatic carbocycles. The molecule has 3 heteroatoms. The van der Waals surface area contributed by atoms with Gasteiger partial charge in [-0.1, -0.05) is 39.7 Å². The SMILES string of the molecule is Cc1cccc(Cl)c1Nc1ccc(Br)cc1. The fourth-order valence-corrected chi connectivity index (χ4v) is 2.00. The third kappa shape index (κ3) is 2.57. The fourth-order valence-electron chi connectivity index (χ4n) is 1.47.